The molecule has 0 unspecified atom stereocenters. The van der Waals surface area contributed by atoms with E-state index in [0.29, 0.717) is 0 Å². The van der Waals surface area contributed by atoms with Crippen LogP contribution in [-0.2, 0) is 0 Å². The molecular weight excluding hydrogens is 253 g/mol. The molecule has 0 rings (SSSR count). The summed E-state index contributed by atoms with van der Waals surface area (Å²) in [6.45, 7) is 3.24. The van der Waals surface area contributed by atoms with E-state index >= 15 is 0 Å². The summed E-state index contributed by atoms with van der Waals surface area (Å²) < 4.78 is 0.804. The van der Waals surface area contributed by atoms with E-state index in [0.717, 1.165) is 3.72 Å². The SMILES string of the molecule is C=N/N=C(I)/C=C\C=C/NC. The fourth-order valence-electron chi connectivity index (χ4n) is 0.388. The molecule has 0 spiro atoms. The van der Waals surface area contributed by atoms with E-state index in [4.69, 9.17) is 0 Å². The molecule has 0 radical (unpaired) electrons. The summed E-state index contributed by atoms with van der Waals surface area (Å²) in [4.78, 5) is 0. The van der Waals surface area contributed by atoms with Crippen LogP contribution in [-0.4, -0.2) is 17.5 Å². The minimum atomic E-state index is 0.804. The minimum absolute atomic E-state index is 0.804. The second-order valence-corrected chi connectivity index (χ2v) is 2.68. The smallest absolute Gasteiger partial charge is 0.123 e. The van der Waals surface area contributed by atoms with Gasteiger partial charge in [-0.1, -0.05) is 6.08 Å². The molecule has 0 saturated heterocycles. The molecule has 60 valence electrons. The van der Waals surface area contributed by atoms with Crippen molar-refractivity contribution in [2.75, 3.05) is 7.05 Å². The van der Waals surface area contributed by atoms with Gasteiger partial charge in [0.2, 0.25) is 0 Å². The molecule has 0 aromatic heterocycles. The largest absolute Gasteiger partial charge is 0.394 e. The zero-order chi connectivity index (χ0) is 8.53. The van der Waals surface area contributed by atoms with Crippen LogP contribution >= 0.6 is 22.6 Å². The van der Waals surface area contributed by atoms with E-state index in [2.05, 4.69) is 44.8 Å². The van der Waals surface area contributed by atoms with Crippen LogP contribution in [0.4, 0.5) is 0 Å². The van der Waals surface area contributed by atoms with Crippen LogP contribution in [0.3, 0.4) is 0 Å². The molecule has 0 aromatic carbocycles. The van der Waals surface area contributed by atoms with Gasteiger partial charge in [-0.3, -0.25) is 0 Å². The zero-order valence-corrected chi connectivity index (χ0v) is 8.45. The molecule has 0 bridgehead atoms. The summed E-state index contributed by atoms with van der Waals surface area (Å²) in [5.41, 5.74) is 0. The maximum Gasteiger partial charge on any atom is 0.123 e. The van der Waals surface area contributed by atoms with E-state index < -0.39 is 0 Å². The molecule has 0 heterocycles. The van der Waals surface area contributed by atoms with Crippen LogP contribution in [0.15, 0.2) is 34.6 Å². The molecule has 0 fully saturated rings. The van der Waals surface area contributed by atoms with Gasteiger partial charge in [0.15, 0.2) is 0 Å². The van der Waals surface area contributed by atoms with Gasteiger partial charge in [-0.2, -0.15) is 5.10 Å². The van der Waals surface area contributed by atoms with Crippen molar-refractivity contribution in [3.05, 3.63) is 24.4 Å². The number of hydrogen-bond acceptors (Lipinski definition) is 3. The number of allylic oxidation sites excluding steroid dienone is 3. The Hall–Kier alpha value is -0.650. The first-order valence-electron chi connectivity index (χ1n) is 3.01. The van der Waals surface area contributed by atoms with Gasteiger partial charge in [-0.25, -0.2) is 0 Å². The summed E-state index contributed by atoms with van der Waals surface area (Å²) in [5, 5.41) is 9.94. The van der Waals surface area contributed by atoms with Crippen molar-refractivity contribution in [2.45, 2.75) is 0 Å². The van der Waals surface area contributed by atoms with E-state index in [9.17, 15) is 0 Å². The molecule has 11 heavy (non-hydrogen) atoms. The van der Waals surface area contributed by atoms with Crippen molar-refractivity contribution in [3.63, 3.8) is 0 Å². The van der Waals surface area contributed by atoms with Crippen molar-refractivity contribution in [1.29, 1.82) is 0 Å². The molecule has 0 saturated carbocycles. The van der Waals surface area contributed by atoms with Gasteiger partial charge in [0, 0.05) is 13.8 Å². The van der Waals surface area contributed by atoms with Crippen LogP contribution in [0, 0.1) is 0 Å². The predicted octanol–water partition coefficient (Wildman–Crippen LogP) is 1.72. The highest BCUT2D eigenvalue weighted by molar-refractivity contribution is 14.1. The first-order valence-corrected chi connectivity index (χ1v) is 4.08. The minimum Gasteiger partial charge on any atom is -0.394 e. The number of nitrogens with zero attached hydrogens (tertiary/aromatic N) is 2. The third kappa shape index (κ3) is 7.24. The third-order valence-electron chi connectivity index (χ3n) is 0.774. The Bertz CT molecular complexity index is 194. The van der Waals surface area contributed by atoms with Gasteiger partial charge in [0.1, 0.15) is 3.72 Å². The topological polar surface area (TPSA) is 36.8 Å². The summed E-state index contributed by atoms with van der Waals surface area (Å²) >= 11 is 2.07. The number of nitrogens with one attached hydrogen (secondary N) is 1. The molecule has 3 nitrogen and oxygen atoms in total. The monoisotopic (exact) mass is 263 g/mol. The summed E-state index contributed by atoms with van der Waals surface area (Å²) in [7, 11) is 1.84. The van der Waals surface area contributed by atoms with Crippen LogP contribution in [0.2, 0.25) is 0 Å². The fraction of sp³-hybridized carbons (Fsp3) is 0.143. The van der Waals surface area contributed by atoms with Crippen LogP contribution in [0.25, 0.3) is 0 Å². The van der Waals surface area contributed by atoms with Crippen molar-refractivity contribution in [3.8, 4) is 0 Å². The fourth-order valence-corrected chi connectivity index (χ4v) is 0.748. The second kappa shape index (κ2) is 7.46. The summed E-state index contributed by atoms with van der Waals surface area (Å²) in [6.07, 6.45) is 7.40. The Balaban J connectivity index is 3.82. The highest BCUT2D eigenvalue weighted by atomic mass is 127. The van der Waals surface area contributed by atoms with E-state index in [1.165, 1.54) is 0 Å². The third-order valence-corrected chi connectivity index (χ3v) is 1.35. The lowest BCUT2D eigenvalue weighted by Gasteiger charge is -1.82. The highest BCUT2D eigenvalue weighted by Crippen LogP contribution is 1.93. The van der Waals surface area contributed by atoms with E-state index in [-0.39, 0.29) is 0 Å². The molecular formula is C7H10IN3. The highest BCUT2D eigenvalue weighted by Gasteiger charge is 1.79. The van der Waals surface area contributed by atoms with Gasteiger partial charge >= 0.3 is 0 Å². The van der Waals surface area contributed by atoms with Gasteiger partial charge in [-0.05, 0) is 40.9 Å². The Morgan fingerprint density at radius 1 is 1.55 bits per heavy atom. The predicted molar refractivity (Wildman–Crippen MR) is 58.3 cm³/mol. The van der Waals surface area contributed by atoms with Crippen LogP contribution < -0.4 is 5.32 Å². The summed E-state index contributed by atoms with van der Waals surface area (Å²) in [5.74, 6) is 0. The van der Waals surface area contributed by atoms with Crippen LogP contribution in [0.5, 0.6) is 0 Å². The maximum atomic E-state index is 3.70. The Labute approximate surface area is 80.1 Å². The lowest BCUT2D eigenvalue weighted by molar-refractivity contribution is 1.10. The van der Waals surface area contributed by atoms with Gasteiger partial charge < -0.3 is 5.32 Å². The van der Waals surface area contributed by atoms with Gasteiger partial charge in [-0.15, -0.1) is 5.10 Å². The first kappa shape index (κ1) is 10.3. The Morgan fingerprint density at radius 3 is 2.82 bits per heavy atom. The zero-order valence-electron chi connectivity index (χ0n) is 6.29. The number of rotatable bonds is 4. The quantitative estimate of drug-likeness (QED) is 0.356. The molecule has 4 heteroatoms. The van der Waals surface area contributed by atoms with E-state index in [1.54, 1.807) is 0 Å². The van der Waals surface area contributed by atoms with Crippen molar-refractivity contribution < 1.29 is 0 Å². The lowest BCUT2D eigenvalue weighted by Crippen LogP contribution is -1.89. The van der Waals surface area contributed by atoms with Crippen LogP contribution in [0.1, 0.15) is 0 Å². The average Bonchev–Trinajstić information content (AvgIpc) is 1.99. The molecule has 0 aliphatic carbocycles. The van der Waals surface area contributed by atoms with Gasteiger partial charge in [0.25, 0.3) is 0 Å². The lowest BCUT2D eigenvalue weighted by atomic mass is 10.5. The number of hydrogen-bond donors (Lipinski definition) is 1. The Kier molecular flexibility index (Phi) is 7.02. The van der Waals surface area contributed by atoms with Crippen molar-refractivity contribution in [1.82, 2.24) is 5.32 Å². The molecule has 0 atom stereocenters. The van der Waals surface area contributed by atoms with Crippen molar-refractivity contribution >= 4 is 33.0 Å². The Morgan fingerprint density at radius 2 is 2.27 bits per heavy atom. The van der Waals surface area contributed by atoms with Crippen molar-refractivity contribution in [2.24, 2.45) is 10.2 Å². The average molecular weight is 263 g/mol. The summed E-state index contributed by atoms with van der Waals surface area (Å²) in [6, 6.07) is 0. The van der Waals surface area contributed by atoms with E-state index in [1.807, 2.05) is 31.5 Å². The molecule has 0 amide bonds. The maximum absolute atomic E-state index is 3.70. The standard InChI is InChI=1S/C7H10IN3/c1-9-6-4-3-5-7(8)11-10-2/h3-6,9H,2H2,1H3/b5-3-,6-4-,11-7-. The first-order chi connectivity index (χ1) is 5.31. The molecule has 0 aliphatic heterocycles. The molecule has 1 N–H and O–H groups in total. The normalized spacial score (nSPS) is 12.7. The molecule has 0 aromatic rings. The molecule has 0 aliphatic rings. The van der Waals surface area contributed by atoms with Gasteiger partial charge in [0.05, 0.1) is 0 Å². The number of halogens is 1. The second-order valence-electron chi connectivity index (χ2n) is 1.57.